The van der Waals surface area contributed by atoms with Crippen molar-refractivity contribution in [2.24, 2.45) is 0 Å². The number of hydrogen-bond donors (Lipinski definition) is 0. The third kappa shape index (κ3) is 44.0. The van der Waals surface area contributed by atoms with Crippen LogP contribution in [0.15, 0.2) is 72.9 Å². The van der Waals surface area contributed by atoms with E-state index in [-0.39, 0.29) is 31.6 Å². The summed E-state index contributed by atoms with van der Waals surface area (Å²) < 4.78 is 16.6. The topological polar surface area (TPSA) is 78.9 Å². The summed E-state index contributed by atoms with van der Waals surface area (Å²) >= 11 is 0. The number of carbonyl (C=O) groups is 3. The van der Waals surface area contributed by atoms with E-state index in [0.29, 0.717) is 19.3 Å². The molecule has 0 fully saturated rings. The van der Waals surface area contributed by atoms with Crippen LogP contribution in [0.5, 0.6) is 0 Å². The Balaban J connectivity index is 4.44. The molecule has 6 heteroatoms. The van der Waals surface area contributed by atoms with Crippen molar-refractivity contribution in [2.45, 2.75) is 226 Å². The lowest BCUT2D eigenvalue weighted by Crippen LogP contribution is -2.30. The van der Waals surface area contributed by atoms with E-state index >= 15 is 0 Å². The van der Waals surface area contributed by atoms with E-state index in [1.165, 1.54) is 89.9 Å². The van der Waals surface area contributed by atoms with Crippen LogP contribution in [0.2, 0.25) is 0 Å². The van der Waals surface area contributed by atoms with Crippen LogP contribution in [-0.2, 0) is 28.6 Å². The third-order valence-corrected chi connectivity index (χ3v) is 9.91. The van der Waals surface area contributed by atoms with Gasteiger partial charge < -0.3 is 14.2 Å². The van der Waals surface area contributed by atoms with Gasteiger partial charge in [0.2, 0.25) is 0 Å². The molecule has 0 aromatic carbocycles. The number of unbranched alkanes of at least 4 members (excludes halogenated alkanes) is 19. The van der Waals surface area contributed by atoms with Crippen LogP contribution in [0, 0.1) is 0 Å². The molecule has 0 spiro atoms. The summed E-state index contributed by atoms with van der Waals surface area (Å²) in [6.45, 7) is 6.37. The Morgan fingerprint density at radius 1 is 0.362 bits per heavy atom. The van der Waals surface area contributed by atoms with Gasteiger partial charge in [0.05, 0.1) is 0 Å². The van der Waals surface area contributed by atoms with Gasteiger partial charge in [-0.3, -0.25) is 14.4 Å². The van der Waals surface area contributed by atoms with Crippen LogP contribution in [0.3, 0.4) is 0 Å². The molecule has 0 heterocycles. The number of esters is 3. The normalized spacial score (nSPS) is 12.7. The molecule has 0 aliphatic carbocycles. The first-order valence-corrected chi connectivity index (χ1v) is 23.9. The van der Waals surface area contributed by atoms with Crippen molar-refractivity contribution in [3.8, 4) is 0 Å². The molecule has 0 amide bonds. The Bertz CT molecular complexity index is 1110. The van der Waals surface area contributed by atoms with Crippen molar-refractivity contribution < 1.29 is 28.6 Å². The standard InChI is InChI=1S/C52H88O6/c1-4-7-10-13-16-19-22-24-25-26-27-29-30-33-36-39-42-45-51(54)57-48-49(47-56-50(53)44-41-38-35-32-21-18-15-12-9-6-3)58-52(55)46-43-40-37-34-31-28-23-20-17-14-11-8-5-2/h8,11-12,15,17,20,24-25,28,31,37,40,49H,4-7,9-10,13-14,16,18-19,21-23,26-27,29-30,32-36,38-39,41-48H2,1-3H3/b11-8-,15-12-,20-17-,25-24-,31-28-,40-37-. The van der Waals surface area contributed by atoms with E-state index < -0.39 is 12.1 Å². The molecule has 6 nitrogen and oxygen atoms in total. The molecule has 0 saturated carbocycles. The van der Waals surface area contributed by atoms with Gasteiger partial charge in [0.1, 0.15) is 13.2 Å². The largest absolute Gasteiger partial charge is 0.462 e. The molecule has 0 aliphatic rings. The molecule has 0 aromatic heterocycles. The molecule has 58 heavy (non-hydrogen) atoms. The van der Waals surface area contributed by atoms with Crippen LogP contribution in [0.4, 0.5) is 0 Å². The smallest absolute Gasteiger partial charge is 0.306 e. The van der Waals surface area contributed by atoms with Crippen molar-refractivity contribution in [3.63, 3.8) is 0 Å². The Hall–Kier alpha value is -3.15. The highest BCUT2D eigenvalue weighted by Crippen LogP contribution is 2.13. The maximum atomic E-state index is 12.7. The first kappa shape index (κ1) is 54.9. The minimum atomic E-state index is -0.816. The Morgan fingerprint density at radius 3 is 1.19 bits per heavy atom. The number of rotatable bonds is 42. The predicted molar refractivity (Wildman–Crippen MR) is 247 cm³/mol. The summed E-state index contributed by atoms with van der Waals surface area (Å²) in [5.41, 5.74) is 0. The molecule has 0 rings (SSSR count). The summed E-state index contributed by atoms with van der Waals surface area (Å²) in [4.78, 5) is 37.7. The molecule has 0 saturated heterocycles. The second-order valence-corrected chi connectivity index (χ2v) is 15.6. The van der Waals surface area contributed by atoms with E-state index in [0.717, 1.165) is 83.5 Å². The number of hydrogen-bond acceptors (Lipinski definition) is 6. The van der Waals surface area contributed by atoms with Gasteiger partial charge in [0.15, 0.2) is 6.10 Å². The second-order valence-electron chi connectivity index (χ2n) is 15.6. The van der Waals surface area contributed by atoms with E-state index in [2.05, 4.69) is 81.5 Å². The fourth-order valence-corrected chi connectivity index (χ4v) is 6.33. The van der Waals surface area contributed by atoms with Gasteiger partial charge in [-0.15, -0.1) is 0 Å². The van der Waals surface area contributed by atoms with Crippen LogP contribution in [0.25, 0.3) is 0 Å². The zero-order valence-electron chi connectivity index (χ0n) is 37.8. The Kier molecular flexibility index (Phi) is 44.0. The maximum Gasteiger partial charge on any atom is 0.306 e. The van der Waals surface area contributed by atoms with Crippen LogP contribution < -0.4 is 0 Å². The van der Waals surface area contributed by atoms with E-state index in [1.54, 1.807) is 0 Å². The SMILES string of the molecule is CC/C=C\C/C=C\C/C=C\C/C=C\CCC(=O)OC(COC(=O)CCCCCCC/C=C\CCC)COC(=O)CCCCCCCCC/C=C\CCCCCCCC. The predicted octanol–water partition coefficient (Wildman–Crippen LogP) is 15.5. The van der Waals surface area contributed by atoms with Crippen molar-refractivity contribution in [1.29, 1.82) is 0 Å². The Morgan fingerprint density at radius 2 is 0.741 bits per heavy atom. The average Bonchev–Trinajstić information content (AvgIpc) is 3.22. The van der Waals surface area contributed by atoms with Gasteiger partial charge in [-0.05, 0) is 89.9 Å². The third-order valence-electron chi connectivity index (χ3n) is 9.91. The monoisotopic (exact) mass is 809 g/mol. The van der Waals surface area contributed by atoms with Crippen LogP contribution >= 0.6 is 0 Å². The summed E-state index contributed by atoms with van der Waals surface area (Å²) in [5, 5.41) is 0. The first-order chi connectivity index (χ1) is 28.5. The second kappa shape index (κ2) is 46.5. The lowest BCUT2D eigenvalue weighted by molar-refractivity contribution is -0.166. The van der Waals surface area contributed by atoms with E-state index in [1.807, 2.05) is 12.2 Å². The minimum Gasteiger partial charge on any atom is -0.462 e. The zero-order valence-corrected chi connectivity index (χ0v) is 37.8. The molecular formula is C52H88O6. The van der Waals surface area contributed by atoms with Gasteiger partial charge in [-0.1, -0.05) is 184 Å². The highest BCUT2D eigenvalue weighted by molar-refractivity contribution is 5.71. The van der Waals surface area contributed by atoms with Gasteiger partial charge >= 0.3 is 17.9 Å². The fourth-order valence-electron chi connectivity index (χ4n) is 6.33. The van der Waals surface area contributed by atoms with E-state index in [9.17, 15) is 14.4 Å². The number of carbonyl (C=O) groups excluding carboxylic acids is 3. The fraction of sp³-hybridized carbons (Fsp3) is 0.712. The molecule has 1 unspecified atom stereocenters. The average molecular weight is 809 g/mol. The Labute approximate surface area is 357 Å². The van der Waals surface area contributed by atoms with Gasteiger partial charge in [-0.2, -0.15) is 0 Å². The quantitative estimate of drug-likeness (QED) is 0.0264. The summed E-state index contributed by atoms with van der Waals surface area (Å²) in [6, 6.07) is 0. The van der Waals surface area contributed by atoms with Crippen LogP contribution in [-0.4, -0.2) is 37.2 Å². The first-order valence-electron chi connectivity index (χ1n) is 23.9. The summed E-state index contributed by atoms with van der Waals surface area (Å²) in [6.07, 6.45) is 57.6. The lowest BCUT2D eigenvalue weighted by atomic mass is 10.1. The molecule has 0 aromatic rings. The van der Waals surface area contributed by atoms with Crippen molar-refractivity contribution in [1.82, 2.24) is 0 Å². The molecule has 1 atom stereocenters. The highest BCUT2D eigenvalue weighted by atomic mass is 16.6. The van der Waals surface area contributed by atoms with Gasteiger partial charge in [0.25, 0.3) is 0 Å². The summed E-state index contributed by atoms with van der Waals surface area (Å²) in [7, 11) is 0. The maximum absolute atomic E-state index is 12.7. The number of allylic oxidation sites excluding steroid dienone is 12. The van der Waals surface area contributed by atoms with Crippen molar-refractivity contribution in [3.05, 3.63) is 72.9 Å². The van der Waals surface area contributed by atoms with Gasteiger partial charge in [0, 0.05) is 19.3 Å². The van der Waals surface area contributed by atoms with Crippen molar-refractivity contribution >= 4 is 17.9 Å². The number of ether oxygens (including phenoxy) is 3. The summed E-state index contributed by atoms with van der Waals surface area (Å²) in [5.74, 6) is -1.01. The van der Waals surface area contributed by atoms with Crippen LogP contribution in [0.1, 0.15) is 220 Å². The molecular weight excluding hydrogens is 721 g/mol. The zero-order chi connectivity index (χ0) is 42.3. The molecule has 0 aliphatic heterocycles. The molecule has 0 radical (unpaired) electrons. The highest BCUT2D eigenvalue weighted by Gasteiger charge is 2.19. The minimum absolute atomic E-state index is 0.109. The van der Waals surface area contributed by atoms with Gasteiger partial charge in [-0.25, -0.2) is 0 Å². The lowest BCUT2D eigenvalue weighted by Gasteiger charge is -2.18. The molecule has 0 N–H and O–H groups in total. The molecule has 0 bridgehead atoms. The van der Waals surface area contributed by atoms with Crippen molar-refractivity contribution in [2.75, 3.05) is 13.2 Å². The molecule has 332 valence electrons. The van der Waals surface area contributed by atoms with E-state index in [4.69, 9.17) is 14.2 Å².